The van der Waals surface area contributed by atoms with E-state index < -0.39 is 0 Å². The Morgan fingerprint density at radius 2 is 2.18 bits per heavy atom. The minimum absolute atomic E-state index is 0.981. The summed E-state index contributed by atoms with van der Waals surface area (Å²) in [7, 11) is 0. The van der Waals surface area contributed by atoms with Crippen molar-refractivity contribution >= 4 is 35.8 Å². The minimum atomic E-state index is 0.981. The molecule has 56 valence electrons. The first-order chi connectivity index (χ1) is 5.36. The molecule has 2 nitrogen and oxygen atoms in total. The van der Waals surface area contributed by atoms with Gasteiger partial charge in [-0.25, -0.2) is 8.82 Å². The van der Waals surface area contributed by atoms with Gasteiger partial charge in [0.2, 0.25) is 0 Å². The van der Waals surface area contributed by atoms with E-state index in [0.29, 0.717) is 0 Å². The highest BCUT2D eigenvalue weighted by Crippen LogP contribution is 2.35. The third kappa shape index (κ3) is 1.34. The second kappa shape index (κ2) is 2.75. The molecule has 4 heteroatoms. The largest absolute Gasteiger partial charge is 0.236 e. The lowest BCUT2D eigenvalue weighted by Gasteiger charge is -2.14. The molecule has 0 aliphatic carbocycles. The maximum Gasteiger partial charge on any atom is 0.118 e. The third-order valence-electron chi connectivity index (χ3n) is 1.34. The molecule has 1 aromatic rings. The summed E-state index contributed by atoms with van der Waals surface area (Å²) in [6, 6.07) is 7.88. The van der Waals surface area contributed by atoms with Gasteiger partial charge in [0.15, 0.2) is 0 Å². The molecule has 1 aliphatic heterocycles. The first kappa shape index (κ1) is 7.00. The highest BCUT2D eigenvalue weighted by molar-refractivity contribution is 7.98. The third-order valence-corrected chi connectivity index (χ3v) is 2.44. The minimum Gasteiger partial charge on any atom is -0.236 e. The van der Waals surface area contributed by atoms with E-state index in [0.717, 1.165) is 10.6 Å². The number of para-hydroxylation sites is 1. The van der Waals surface area contributed by atoms with Crippen molar-refractivity contribution in [2.24, 2.45) is 4.99 Å². The second-order valence-corrected chi connectivity index (χ2v) is 3.66. The summed E-state index contributed by atoms with van der Waals surface area (Å²) in [5.41, 5.74) is 0.981. The van der Waals surface area contributed by atoms with Crippen molar-refractivity contribution in [2.75, 3.05) is 0 Å². The summed E-state index contributed by atoms with van der Waals surface area (Å²) in [5.74, 6) is 0. The zero-order valence-corrected chi connectivity index (χ0v) is 7.14. The van der Waals surface area contributed by atoms with Gasteiger partial charge in [0.05, 0.1) is 10.6 Å². The monoisotopic (exact) mass is 184 g/mol. The van der Waals surface area contributed by atoms with Gasteiger partial charge in [0, 0.05) is 23.7 Å². The Morgan fingerprint density at radius 1 is 1.36 bits per heavy atom. The van der Waals surface area contributed by atoms with E-state index in [1.165, 1.54) is 15.8 Å². The second-order valence-electron chi connectivity index (χ2n) is 2.08. The van der Waals surface area contributed by atoms with Gasteiger partial charge in [-0.05, 0) is 12.1 Å². The molecule has 0 aromatic heterocycles. The molecule has 0 fully saturated rings. The first-order valence-corrected chi connectivity index (χ1v) is 4.23. The highest BCUT2D eigenvalue weighted by Gasteiger charge is 2.09. The zero-order valence-electron chi connectivity index (χ0n) is 5.57. The van der Waals surface area contributed by atoms with Gasteiger partial charge in [-0.1, -0.05) is 12.1 Å². The smallest absolute Gasteiger partial charge is 0.118 e. The maximum absolute atomic E-state index is 5.69. The highest BCUT2D eigenvalue weighted by atomic mass is 35.5. The molecule has 1 aromatic carbocycles. The van der Waals surface area contributed by atoms with Crippen LogP contribution in [0.4, 0.5) is 5.69 Å². The number of halogens is 1. The number of nitrogens with zero attached hydrogens (tertiary/aromatic N) is 2. The first-order valence-electron chi connectivity index (χ1n) is 3.12. The number of aliphatic imine (C=N–C) groups is 1. The van der Waals surface area contributed by atoms with Crippen molar-refractivity contribution in [3.63, 3.8) is 0 Å². The molecular weight excluding hydrogens is 180 g/mol. The lowest BCUT2D eigenvalue weighted by Crippen LogP contribution is -2.01. The molecule has 0 N–H and O–H groups in total. The fourth-order valence-electron chi connectivity index (χ4n) is 0.866. The van der Waals surface area contributed by atoms with Crippen molar-refractivity contribution in [1.29, 1.82) is 0 Å². The van der Waals surface area contributed by atoms with Gasteiger partial charge in [0.25, 0.3) is 0 Å². The topological polar surface area (TPSA) is 15.6 Å². The number of hydrogen-bond donors (Lipinski definition) is 0. The Kier molecular flexibility index (Phi) is 1.75. The molecule has 0 unspecified atom stereocenters. The molecule has 0 radical (unpaired) electrons. The Hall–Kier alpha value is -0.670. The van der Waals surface area contributed by atoms with Gasteiger partial charge >= 0.3 is 0 Å². The molecule has 0 spiro atoms. The van der Waals surface area contributed by atoms with Crippen molar-refractivity contribution in [3.8, 4) is 0 Å². The summed E-state index contributed by atoms with van der Waals surface area (Å²) >= 11 is 7.15. The summed E-state index contributed by atoms with van der Waals surface area (Å²) in [5, 5.41) is 0. The molecule has 0 saturated heterocycles. The molecule has 0 saturated carbocycles. The van der Waals surface area contributed by atoms with Gasteiger partial charge in [-0.3, -0.25) is 0 Å². The van der Waals surface area contributed by atoms with E-state index in [2.05, 4.69) is 4.99 Å². The Balaban J connectivity index is 2.46. The molecular formula is C7H5ClN2S. The van der Waals surface area contributed by atoms with Crippen LogP contribution in [-0.4, -0.2) is 10.2 Å². The van der Waals surface area contributed by atoms with Crippen molar-refractivity contribution in [2.45, 2.75) is 4.90 Å². The average Bonchev–Trinajstić information content (AvgIpc) is 2.04. The quantitative estimate of drug-likeness (QED) is 0.455. The maximum atomic E-state index is 5.69. The van der Waals surface area contributed by atoms with Crippen molar-refractivity contribution in [1.82, 2.24) is 3.82 Å². The van der Waals surface area contributed by atoms with Crippen LogP contribution in [0.1, 0.15) is 0 Å². The van der Waals surface area contributed by atoms with Crippen LogP contribution >= 0.6 is 23.7 Å². The Labute approximate surface area is 74.1 Å². The average molecular weight is 185 g/mol. The zero-order chi connectivity index (χ0) is 7.68. The number of hydrogen-bond acceptors (Lipinski definition) is 3. The summed E-state index contributed by atoms with van der Waals surface area (Å²) < 4.78 is 1.46. The normalized spacial score (nSPS) is 14.8. The predicted octanol–water partition coefficient (Wildman–Crippen LogP) is 2.82. The molecule has 2 rings (SSSR count). The fraction of sp³-hybridized carbons (Fsp3) is 0. The Morgan fingerprint density at radius 3 is 3.09 bits per heavy atom. The Bertz CT molecular complexity index is 300. The SMILES string of the molecule is ClN1C=Nc2ccccc2S1. The lowest BCUT2D eigenvalue weighted by molar-refractivity contribution is 1.10. The van der Waals surface area contributed by atoms with Crippen LogP contribution in [0.2, 0.25) is 0 Å². The molecule has 0 atom stereocenters. The van der Waals surface area contributed by atoms with Crippen LogP contribution in [0.15, 0.2) is 34.2 Å². The van der Waals surface area contributed by atoms with Crippen LogP contribution < -0.4 is 0 Å². The summed E-state index contributed by atoms with van der Waals surface area (Å²) in [6.07, 6.45) is 1.59. The molecule has 0 bridgehead atoms. The van der Waals surface area contributed by atoms with Crippen LogP contribution in [0.5, 0.6) is 0 Å². The van der Waals surface area contributed by atoms with Crippen LogP contribution in [0.25, 0.3) is 0 Å². The van der Waals surface area contributed by atoms with Gasteiger partial charge in [0.1, 0.15) is 6.34 Å². The summed E-state index contributed by atoms with van der Waals surface area (Å²) in [4.78, 5) is 5.21. The van der Waals surface area contributed by atoms with Crippen LogP contribution in [0.3, 0.4) is 0 Å². The molecule has 1 aliphatic rings. The van der Waals surface area contributed by atoms with E-state index in [1.54, 1.807) is 6.34 Å². The number of benzene rings is 1. The van der Waals surface area contributed by atoms with Gasteiger partial charge < -0.3 is 0 Å². The van der Waals surface area contributed by atoms with Gasteiger partial charge in [-0.2, -0.15) is 0 Å². The van der Waals surface area contributed by atoms with Crippen molar-refractivity contribution in [3.05, 3.63) is 24.3 Å². The summed E-state index contributed by atoms with van der Waals surface area (Å²) in [6.45, 7) is 0. The van der Waals surface area contributed by atoms with E-state index in [9.17, 15) is 0 Å². The molecule has 11 heavy (non-hydrogen) atoms. The standard InChI is InChI=1S/C7H5ClN2S/c8-10-5-9-6-3-1-2-4-7(6)11-10/h1-5H. The number of fused-ring (bicyclic) bond motifs is 1. The van der Waals surface area contributed by atoms with E-state index in [1.807, 2.05) is 24.3 Å². The molecule has 0 amide bonds. The lowest BCUT2D eigenvalue weighted by atomic mass is 10.3. The fourth-order valence-corrected chi connectivity index (χ4v) is 1.77. The van der Waals surface area contributed by atoms with E-state index >= 15 is 0 Å². The molecule has 1 heterocycles. The van der Waals surface area contributed by atoms with E-state index in [-0.39, 0.29) is 0 Å². The van der Waals surface area contributed by atoms with Crippen LogP contribution in [0, 0.1) is 0 Å². The van der Waals surface area contributed by atoms with E-state index in [4.69, 9.17) is 11.8 Å². The van der Waals surface area contributed by atoms with Gasteiger partial charge in [-0.15, -0.1) is 0 Å². The van der Waals surface area contributed by atoms with Crippen molar-refractivity contribution < 1.29 is 0 Å². The predicted molar refractivity (Wildman–Crippen MR) is 48.1 cm³/mol. The number of rotatable bonds is 0. The van der Waals surface area contributed by atoms with Crippen LogP contribution in [-0.2, 0) is 0 Å².